The highest BCUT2D eigenvalue weighted by Crippen LogP contribution is 2.34. The summed E-state index contributed by atoms with van der Waals surface area (Å²) >= 11 is 0. The van der Waals surface area contributed by atoms with E-state index in [2.05, 4.69) is 35.5 Å². The number of nitrogens with zero attached hydrogens (tertiary/aromatic N) is 4. The monoisotopic (exact) mass is 455 g/mol. The molecular weight excluding hydrogens is 433 g/mol. The van der Waals surface area contributed by atoms with Gasteiger partial charge >= 0.3 is 0 Å². The van der Waals surface area contributed by atoms with Gasteiger partial charge in [0, 0.05) is 29.4 Å². The van der Waals surface area contributed by atoms with Crippen LogP contribution in [0.3, 0.4) is 0 Å². The van der Waals surface area contributed by atoms with E-state index in [9.17, 15) is 4.79 Å². The normalized spacial score (nSPS) is 14.6. The van der Waals surface area contributed by atoms with E-state index in [1.54, 1.807) is 42.9 Å². The topological polar surface area (TPSA) is 112 Å². The first kappa shape index (κ1) is 20.5. The zero-order valence-corrected chi connectivity index (χ0v) is 18.3. The largest absolute Gasteiger partial charge is 0.324 e. The number of pyridine rings is 2. The Labute approximate surface area is 194 Å². The van der Waals surface area contributed by atoms with E-state index < -0.39 is 5.82 Å². The average Bonchev–Trinajstić information content (AvgIpc) is 3.49. The lowest BCUT2D eigenvalue weighted by atomic mass is 9.88. The lowest BCUT2D eigenvalue weighted by molar-refractivity contribution is -0.120. The number of carbonyl (C=O) groups excluding carboxylic acids is 1. The summed E-state index contributed by atoms with van der Waals surface area (Å²) in [7, 11) is 0. The summed E-state index contributed by atoms with van der Waals surface area (Å²) in [6.45, 7) is 0. The molecule has 5 aromatic rings. The van der Waals surface area contributed by atoms with E-state index in [-0.39, 0.29) is 11.8 Å². The molecule has 0 radical (unpaired) electrons. The van der Waals surface area contributed by atoms with Gasteiger partial charge in [-0.25, -0.2) is 14.4 Å². The van der Waals surface area contributed by atoms with Crippen molar-refractivity contribution in [1.82, 2.24) is 30.1 Å². The maximum atomic E-state index is 15.8. The first-order chi connectivity index (χ1) is 16.7. The van der Waals surface area contributed by atoms with Crippen LogP contribution in [0.4, 0.5) is 10.1 Å². The minimum atomic E-state index is -0.438. The van der Waals surface area contributed by atoms with Crippen LogP contribution in [0.1, 0.15) is 32.1 Å². The Kier molecular flexibility index (Phi) is 5.01. The van der Waals surface area contributed by atoms with Gasteiger partial charge in [0.15, 0.2) is 11.5 Å². The third-order valence-corrected chi connectivity index (χ3v) is 6.44. The van der Waals surface area contributed by atoms with Gasteiger partial charge in [0.2, 0.25) is 5.91 Å². The van der Waals surface area contributed by atoms with Crippen LogP contribution in [0.15, 0.2) is 48.9 Å². The second kappa shape index (κ2) is 8.33. The minimum Gasteiger partial charge on any atom is -0.324 e. The number of aromatic amines is 2. The first-order valence-electron chi connectivity index (χ1n) is 11.4. The summed E-state index contributed by atoms with van der Waals surface area (Å²) in [6.07, 6.45) is 10.0. The van der Waals surface area contributed by atoms with Gasteiger partial charge in [-0.3, -0.25) is 14.9 Å². The molecule has 0 bridgehead atoms. The molecule has 6 rings (SSSR count). The number of amides is 1. The Morgan fingerprint density at radius 2 is 2.00 bits per heavy atom. The van der Waals surface area contributed by atoms with Gasteiger partial charge in [0.25, 0.3) is 0 Å². The van der Waals surface area contributed by atoms with Crippen LogP contribution in [0.2, 0.25) is 0 Å². The summed E-state index contributed by atoms with van der Waals surface area (Å²) in [5.74, 6) is 0.0253. The predicted octanol–water partition coefficient (Wildman–Crippen LogP) is 5.22. The lowest BCUT2D eigenvalue weighted by Crippen LogP contribution is -2.24. The molecule has 34 heavy (non-hydrogen) atoms. The van der Waals surface area contributed by atoms with Crippen LogP contribution in [-0.4, -0.2) is 36.0 Å². The number of aromatic nitrogens is 6. The van der Waals surface area contributed by atoms with E-state index >= 15 is 4.39 Å². The third kappa shape index (κ3) is 3.59. The summed E-state index contributed by atoms with van der Waals surface area (Å²) in [4.78, 5) is 28.8. The SMILES string of the molecule is O=C(Nc1cncc(-c2ccc3[nH]nc(-c4nc5cccnc5[nH]4)c3c2F)c1)C1CCCCC1. The van der Waals surface area contributed by atoms with E-state index in [4.69, 9.17) is 0 Å². The van der Waals surface area contributed by atoms with Crippen molar-refractivity contribution in [2.75, 3.05) is 5.32 Å². The van der Waals surface area contributed by atoms with Crippen molar-refractivity contribution >= 4 is 33.7 Å². The third-order valence-electron chi connectivity index (χ3n) is 6.44. The Balaban J connectivity index is 1.36. The Bertz CT molecular complexity index is 1480. The van der Waals surface area contributed by atoms with Crippen molar-refractivity contribution in [3.05, 3.63) is 54.7 Å². The van der Waals surface area contributed by atoms with Crippen LogP contribution in [0, 0.1) is 11.7 Å². The van der Waals surface area contributed by atoms with Gasteiger partial charge in [-0.15, -0.1) is 0 Å². The van der Waals surface area contributed by atoms with Crippen LogP contribution in [0.5, 0.6) is 0 Å². The first-order valence-corrected chi connectivity index (χ1v) is 11.4. The molecule has 9 heteroatoms. The maximum Gasteiger partial charge on any atom is 0.227 e. The van der Waals surface area contributed by atoms with E-state index in [0.29, 0.717) is 50.4 Å². The zero-order valence-electron chi connectivity index (χ0n) is 18.3. The van der Waals surface area contributed by atoms with E-state index in [1.807, 2.05) is 6.07 Å². The summed E-state index contributed by atoms with van der Waals surface area (Å²) in [5.41, 5.74) is 3.71. The Morgan fingerprint density at radius 3 is 2.85 bits per heavy atom. The number of hydrogen-bond donors (Lipinski definition) is 3. The second-order valence-corrected chi connectivity index (χ2v) is 8.66. The zero-order chi connectivity index (χ0) is 23.1. The van der Waals surface area contributed by atoms with Crippen molar-refractivity contribution in [2.45, 2.75) is 32.1 Å². The number of halogens is 1. The standard InChI is InChI=1S/C25H22FN7O/c26-21-17(15-11-16(13-27-12-15)29-25(34)14-5-2-1-3-6-14)8-9-18-20(21)22(33-32-18)24-30-19-7-4-10-28-23(19)31-24/h4,7-14H,1-3,5-6H2,(H,29,34)(H,32,33)(H,28,30,31). The van der Waals surface area contributed by atoms with Crippen LogP contribution < -0.4 is 5.32 Å². The number of imidazole rings is 1. The molecule has 1 aliphatic carbocycles. The van der Waals surface area contributed by atoms with Gasteiger partial charge in [0.1, 0.15) is 17.0 Å². The van der Waals surface area contributed by atoms with E-state index in [0.717, 1.165) is 25.7 Å². The van der Waals surface area contributed by atoms with Crippen molar-refractivity contribution in [2.24, 2.45) is 5.92 Å². The Hall–Kier alpha value is -4.14. The van der Waals surface area contributed by atoms with Crippen molar-refractivity contribution in [3.8, 4) is 22.6 Å². The number of fused-ring (bicyclic) bond motifs is 2. The maximum absolute atomic E-state index is 15.8. The Morgan fingerprint density at radius 1 is 1.12 bits per heavy atom. The van der Waals surface area contributed by atoms with Crippen LogP contribution in [-0.2, 0) is 4.79 Å². The van der Waals surface area contributed by atoms with Gasteiger partial charge in [-0.1, -0.05) is 19.3 Å². The summed E-state index contributed by atoms with van der Waals surface area (Å²) in [6, 6.07) is 8.84. The molecule has 4 heterocycles. The molecule has 1 fully saturated rings. The fourth-order valence-corrected chi connectivity index (χ4v) is 4.69. The summed E-state index contributed by atoms with van der Waals surface area (Å²) in [5, 5.41) is 10.5. The molecule has 1 aliphatic rings. The van der Waals surface area contributed by atoms with Gasteiger partial charge in [-0.05, 0) is 43.2 Å². The lowest BCUT2D eigenvalue weighted by Gasteiger charge is -2.20. The molecule has 0 atom stereocenters. The number of anilines is 1. The number of rotatable bonds is 4. The number of H-pyrrole nitrogens is 2. The fraction of sp³-hybridized carbons (Fsp3) is 0.240. The molecule has 4 aromatic heterocycles. The summed E-state index contributed by atoms with van der Waals surface area (Å²) < 4.78 is 15.8. The highest BCUT2D eigenvalue weighted by molar-refractivity contribution is 5.97. The van der Waals surface area contributed by atoms with Crippen molar-refractivity contribution in [1.29, 1.82) is 0 Å². The number of hydrogen-bond acceptors (Lipinski definition) is 5. The number of benzene rings is 1. The van der Waals surface area contributed by atoms with Crippen LogP contribution >= 0.6 is 0 Å². The molecule has 3 N–H and O–H groups in total. The molecule has 8 nitrogen and oxygen atoms in total. The highest BCUT2D eigenvalue weighted by atomic mass is 19.1. The van der Waals surface area contributed by atoms with Crippen molar-refractivity contribution in [3.63, 3.8) is 0 Å². The van der Waals surface area contributed by atoms with Crippen LogP contribution in [0.25, 0.3) is 44.7 Å². The smallest absolute Gasteiger partial charge is 0.227 e. The molecule has 170 valence electrons. The molecule has 0 unspecified atom stereocenters. The number of carbonyl (C=O) groups is 1. The molecule has 0 saturated heterocycles. The molecule has 0 aliphatic heterocycles. The molecule has 1 saturated carbocycles. The molecular formula is C25H22FN7O. The molecule has 0 spiro atoms. The van der Waals surface area contributed by atoms with Gasteiger partial charge in [0.05, 0.1) is 22.8 Å². The molecule has 1 amide bonds. The van der Waals surface area contributed by atoms with Gasteiger partial charge in [-0.2, -0.15) is 5.10 Å². The van der Waals surface area contributed by atoms with E-state index in [1.165, 1.54) is 6.42 Å². The minimum absolute atomic E-state index is 0.00481. The highest BCUT2D eigenvalue weighted by Gasteiger charge is 2.22. The second-order valence-electron chi connectivity index (χ2n) is 8.66. The molecule has 1 aromatic carbocycles. The quantitative estimate of drug-likeness (QED) is 0.344. The fourth-order valence-electron chi connectivity index (χ4n) is 4.69. The predicted molar refractivity (Wildman–Crippen MR) is 127 cm³/mol. The van der Waals surface area contributed by atoms with Crippen molar-refractivity contribution < 1.29 is 9.18 Å². The average molecular weight is 455 g/mol. The number of nitrogens with one attached hydrogen (secondary N) is 3. The van der Waals surface area contributed by atoms with Gasteiger partial charge < -0.3 is 10.3 Å².